The smallest absolute Gasteiger partial charge is 0.0200 e. The molecule has 0 heterocycles. The van der Waals surface area contributed by atoms with Crippen LogP contribution in [0.5, 0.6) is 0 Å². The van der Waals surface area contributed by atoms with Crippen molar-refractivity contribution >= 4 is 16.7 Å². The summed E-state index contributed by atoms with van der Waals surface area (Å²) in [7, 11) is 0. The van der Waals surface area contributed by atoms with Gasteiger partial charge in [0.05, 0.1) is 0 Å². The van der Waals surface area contributed by atoms with E-state index in [1.54, 1.807) is 32.7 Å². The van der Waals surface area contributed by atoms with Crippen molar-refractivity contribution in [2.24, 2.45) is 0 Å². The van der Waals surface area contributed by atoms with Crippen molar-refractivity contribution in [3.63, 3.8) is 0 Å². The number of hydrogen-bond acceptors (Lipinski definition) is 1. The molecule has 4 fully saturated rings. The van der Waals surface area contributed by atoms with Gasteiger partial charge in [-0.15, -0.1) is 0 Å². The molecule has 4 aliphatic rings. The fourth-order valence-corrected chi connectivity index (χ4v) is 10.4. The van der Waals surface area contributed by atoms with Crippen LogP contribution in [0.4, 0.5) is 0 Å². The number of allylic oxidation sites excluding steroid dienone is 2. The third-order valence-corrected chi connectivity index (χ3v) is 12.3. The highest BCUT2D eigenvalue weighted by Gasteiger charge is 2.29. The van der Waals surface area contributed by atoms with Gasteiger partial charge in [0.15, 0.2) is 0 Å². The van der Waals surface area contributed by atoms with E-state index >= 15 is 0 Å². The Bertz CT molecular complexity index is 1090. The molecule has 0 atom stereocenters. The van der Waals surface area contributed by atoms with Crippen LogP contribution in [-0.4, -0.2) is 0 Å². The molecule has 2 aromatic carbocycles. The molecule has 6 rings (SSSR count). The molecule has 4 saturated carbocycles. The summed E-state index contributed by atoms with van der Waals surface area (Å²) in [6.07, 6.45) is 32.2. The van der Waals surface area contributed by atoms with E-state index in [-0.39, 0.29) is 0 Å². The number of thioether (sulfide) groups is 1. The van der Waals surface area contributed by atoms with Crippen LogP contribution in [-0.2, 0) is 0 Å². The summed E-state index contributed by atoms with van der Waals surface area (Å²) in [5.74, 6) is 2.88. The summed E-state index contributed by atoms with van der Waals surface area (Å²) in [6.45, 7) is 4.29. The molecule has 0 amide bonds. The fraction of sp³-hybridized carbons (Fsp3) is 0.600. The first-order chi connectivity index (χ1) is 20.3. The molecule has 41 heavy (non-hydrogen) atoms. The lowest BCUT2D eigenvalue weighted by atomic mass is 9.76. The van der Waals surface area contributed by atoms with Gasteiger partial charge in [-0.2, -0.15) is 0 Å². The topological polar surface area (TPSA) is 0 Å². The van der Waals surface area contributed by atoms with Gasteiger partial charge >= 0.3 is 0 Å². The van der Waals surface area contributed by atoms with Gasteiger partial charge in [-0.25, -0.2) is 0 Å². The summed E-state index contributed by atoms with van der Waals surface area (Å²) < 4.78 is 0. The highest BCUT2D eigenvalue weighted by atomic mass is 32.2. The van der Waals surface area contributed by atoms with Crippen molar-refractivity contribution in [1.82, 2.24) is 0 Å². The number of benzene rings is 2. The van der Waals surface area contributed by atoms with Crippen LogP contribution in [0.25, 0.3) is 4.91 Å². The largest absolute Gasteiger partial charge is 0.0990 e. The van der Waals surface area contributed by atoms with Gasteiger partial charge in [0.2, 0.25) is 0 Å². The van der Waals surface area contributed by atoms with Gasteiger partial charge in [0, 0.05) is 9.80 Å². The Labute approximate surface area is 255 Å². The minimum Gasteiger partial charge on any atom is -0.0990 e. The Morgan fingerprint density at radius 3 is 1.22 bits per heavy atom. The molecule has 0 bridgehead atoms. The highest BCUT2D eigenvalue weighted by Crippen LogP contribution is 2.51. The molecule has 0 aliphatic heterocycles. The third-order valence-electron chi connectivity index (χ3n) is 11.1. The van der Waals surface area contributed by atoms with E-state index in [2.05, 4.69) is 66.9 Å². The fourth-order valence-electron chi connectivity index (χ4n) is 8.93. The SMILES string of the molecule is C=C/C=C(\Sc1c(C2CCCCC2)cccc1C1CCCCC1)c1c(C2CCCCC2)cccc1C1CCCCC1. The standard InChI is InChI=1S/C40H54S/c1-2-17-38(39-34(30-18-7-3-8-19-30)26-15-27-35(39)31-20-9-4-10-21-31)41-40-36(32-22-11-5-12-23-32)28-16-29-37(40)33-24-13-6-14-25-33/h2,15-17,26-33H,1,3-14,18-25H2/b38-17-. The maximum absolute atomic E-state index is 4.29. The molecule has 2 aromatic rings. The second-order valence-corrected chi connectivity index (χ2v) is 14.8. The van der Waals surface area contributed by atoms with E-state index in [1.807, 2.05) is 0 Å². The summed E-state index contributed by atoms with van der Waals surface area (Å²) >= 11 is 2.15. The van der Waals surface area contributed by atoms with Crippen molar-refractivity contribution in [1.29, 1.82) is 0 Å². The number of hydrogen-bond donors (Lipinski definition) is 0. The lowest BCUT2D eigenvalue weighted by Crippen LogP contribution is -2.13. The van der Waals surface area contributed by atoms with Crippen LogP contribution in [0.1, 0.15) is 180 Å². The monoisotopic (exact) mass is 566 g/mol. The van der Waals surface area contributed by atoms with E-state index in [0.29, 0.717) is 11.8 Å². The molecular weight excluding hydrogens is 513 g/mol. The van der Waals surface area contributed by atoms with Gasteiger partial charge in [-0.3, -0.25) is 0 Å². The maximum Gasteiger partial charge on any atom is 0.0200 e. The van der Waals surface area contributed by atoms with Crippen LogP contribution in [0.15, 0.2) is 60.0 Å². The Morgan fingerprint density at radius 2 is 0.854 bits per heavy atom. The Hall–Kier alpha value is -1.73. The van der Waals surface area contributed by atoms with Crippen molar-refractivity contribution < 1.29 is 0 Å². The van der Waals surface area contributed by atoms with Gasteiger partial charge in [0.1, 0.15) is 0 Å². The van der Waals surface area contributed by atoms with Crippen LogP contribution < -0.4 is 0 Å². The molecule has 0 spiro atoms. The van der Waals surface area contributed by atoms with Gasteiger partial charge < -0.3 is 0 Å². The Kier molecular flexibility index (Phi) is 10.5. The highest BCUT2D eigenvalue weighted by molar-refractivity contribution is 8.08. The van der Waals surface area contributed by atoms with Crippen LogP contribution in [0.2, 0.25) is 0 Å². The predicted molar refractivity (Wildman–Crippen MR) is 180 cm³/mol. The minimum absolute atomic E-state index is 0.711. The van der Waals surface area contributed by atoms with Gasteiger partial charge in [-0.1, -0.05) is 138 Å². The molecule has 1 heteroatoms. The summed E-state index contributed by atoms with van der Waals surface area (Å²) in [5, 5.41) is 0. The van der Waals surface area contributed by atoms with E-state index < -0.39 is 0 Å². The van der Waals surface area contributed by atoms with Crippen LogP contribution >= 0.6 is 11.8 Å². The van der Waals surface area contributed by atoms with Crippen molar-refractivity contribution in [3.05, 3.63) is 82.9 Å². The normalized spacial score (nSPS) is 22.6. The van der Waals surface area contributed by atoms with E-state index in [9.17, 15) is 0 Å². The molecule has 0 unspecified atom stereocenters. The zero-order valence-electron chi connectivity index (χ0n) is 25.7. The molecule has 0 aromatic heterocycles. The van der Waals surface area contributed by atoms with E-state index in [4.69, 9.17) is 0 Å². The van der Waals surface area contributed by atoms with E-state index in [1.165, 1.54) is 133 Å². The first-order valence-electron chi connectivity index (χ1n) is 17.6. The summed E-state index contributed by atoms with van der Waals surface area (Å²) in [4.78, 5) is 3.12. The Balaban J connectivity index is 1.47. The summed E-state index contributed by atoms with van der Waals surface area (Å²) in [5.41, 5.74) is 8.26. The molecule has 0 N–H and O–H groups in total. The van der Waals surface area contributed by atoms with E-state index in [0.717, 1.165) is 11.8 Å². The predicted octanol–water partition coefficient (Wildman–Crippen LogP) is 13.2. The average molecular weight is 567 g/mol. The Morgan fingerprint density at radius 1 is 0.512 bits per heavy atom. The zero-order valence-corrected chi connectivity index (χ0v) is 26.5. The molecule has 0 nitrogen and oxygen atoms in total. The lowest BCUT2D eigenvalue weighted by Gasteiger charge is -2.32. The summed E-state index contributed by atoms with van der Waals surface area (Å²) in [6, 6.07) is 14.9. The van der Waals surface area contributed by atoms with Crippen molar-refractivity contribution in [2.45, 2.75) is 157 Å². The minimum atomic E-state index is 0.711. The first kappa shape index (κ1) is 29.3. The maximum atomic E-state index is 4.29. The van der Waals surface area contributed by atoms with Crippen LogP contribution in [0.3, 0.4) is 0 Å². The lowest BCUT2D eigenvalue weighted by molar-refractivity contribution is 0.427. The molecule has 0 saturated heterocycles. The van der Waals surface area contributed by atoms with Gasteiger partial charge in [0.25, 0.3) is 0 Å². The number of rotatable bonds is 8. The zero-order chi connectivity index (χ0) is 27.9. The molecule has 4 aliphatic carbocycles. The third kappa shape index (κ3) is 6.92. The molecule has 0 radical (unpaired) electrons. The average Bonchev–Trinajstić information content (AvgIpc) is 3.06. The van der Waals surface area contributed by atoms with Gasteiger partial charge in [-0.05, 0) is 109 Å². The van der Waals surface area contributed by atoms with Crippen molar-refractivity contribution in [2.75, 3.05) is 0 Å². The molecule has 220 valence electrons. The second-order valence-electron chi connectivity index (χ2n) is 13.8. The van der Waals surface area contributed by atoms with Crippen LogP contribution in [0, 0.1) is 0 Å². The quantitative estimate of drug-likeness (QED) is 0.226. The molecular formula is C40H54S. The van der Waals surface area contributed by atoms with Crippen molar-refractivity contribution in [3.8, 4) is 0 Å². The first-order valence-corrected chi connectivity index (χ1v) is 18.4. The second kappa shape index (κ2) is 14.6.